The highest BCUT2D eigenvalue weighted by Crippen LogP contribution is 2.37. The minimum atomic E-state index is -0.115. The molecule has 1 saturated carbocycles. The van der Waals surface area contributed by atoms with E-state index in [0.29, 0.717) is 18.0 Å². The van der Waals surface area contributed by atoms with Crippen molar-refractivity contribution in [1.29, 1.82) is 0 Å². The Balaban J connectivity index is 1.44. The van der Waals surface area contributed by atoms with Gasteiger partial charge in [0.05, 0.1) is 23.6 Å². The highest BCUT2D eigenvalue weighted by molar-refractivity contribution is 5.94. The summed E-state index contributed by atoms with van der Waals surface area (Å²) in [4.78, 5) is 23.9. The lowest BCUT2D eigenvalue weighted by atomic mass is 10.1. The Labute approximate surface area is 147 Å². The van der Waals surface area contributed by atoms with E-state index in [2.05, 4.69) is 20.2 Å². The zero-order valence-corrected chi connectivity index (χ0v) is 14.6. The maximum absolute atomic E-state index is 12.6. The smallest absolute Gasteiger partial charge is 0.254 e. The Morgan fingerprint density at radius 3 is 2.84 bits per heavy atom. The van der Waals surface area contributed by atoms with Gasteiger partial charge in [0.25, 0.3) is 5.91 Å². The number of furan rings is 1. The first kappa shape index (κ1) is 16.3. The van der Waals surface area contributed by atoms with Crippen LogP contribution in [0.1, 0.15) is 65.3 Å². The number of rotatable bonds is 6. The third-order valence-electron chi connectivity index (χ3n) is 5.09. The molecule has 1 N–H and O–H groups in total. The third kappa shape index (κ3) is 3.58. The summed E-state index contributed by atoms with van der Waals surface area (Å²) >= 11 is 0. The average molecular weight is 340 g/mol. The van der Waals surface area contributed by atoms with Crippen LogP contribution in [0.3, 0.4) is 0 Å². The van der Waals surface area contributed by atoms with Gasteiger partial charge in [-0.2, -0.15) is 0 Å². The van der Waals surface area contributed by atoms with Crippen LogP contribution in [0.2, 0.25) is 0 Å². The Morgan fingerprint density at radius 1 is 1.40 bits per heavy atom. The predicted molar refractivity (Wildman–Crippen MR) is 93.3 cm³/mol. The van der Waals surface area contributed by atoms with Gasteiger partial charge in [0.1, 0.15) is 11.6 Å². The quantitative estimate of drug-likeness (QED) is 0.875. The third-order valence-corrected chi connectivity index (χ3v) is 5.09. The summed E-state index contributed by atoms with van der Waals surface area (Å²) in [5.74, 6) is 2.16. The fraction of sp³-hybridized carbons (Fsp3) is 0.526. The van der Waals surface area contributed by atoms with Gasteiger partial charge < -0.3 is 9.73 Å². The zero-order valence-electron chi connectivity index (χ0n) is 14.6. The first-order chi connectivity index (χ1) is 12.2. The summed E-state index contributed by atoms with van der Waals surface area (Å²) in [5.41, 5.74) is 1.31. The summed E-state index contributed by atoms with van der Waals surface area (Å²) in [5, 5.41) is 3.05. The van der Waals surface area contributed by atoms with Crippen LogP contribution < -0.4 is 5.32 Å². The van der Waals surface area contributed by atoms with E-state index in [-0.39, 0.29) is 11.9 Å². The molecule has 0 spiro atoms. The number of likely N-dealkylation sites (tertiary alicyclic amines) is 1. The van der Waals surface area contributed by atoms with Crippen LogP contribution in [-0.4, -0.2) is 40.4 Å². The molecule has 4 rings (SSSR count). The van der Waals surface area contributed by atoms with Crippen LogP contribution >= 0.6 is 0 Å². The van der Waals surface area contributed by atoms with E-state index in [1.165, 1.54) is 12.8 Å². The largest absolute Gasteiger partial charge is 0.468 e. The van der Waals surface area contributed by atoms with Crippen LogP contribution in [0, 0.1) is 6.92 Å². The molecule has 0 bridgehead atoms. The van der Waals surface area contributed by atoms with E-state index in [1.54, 1.807) is 12.5 Å². The average Bonchev–Trinajstić information content (AvgIpc) is 3.09. The van der Waals surface area contributed by atoms with Crippen LogP contribution in [0.25, 0.3) is 0 Å². The topological polar surface area (TPSA) is 71.3 Å². The number of aromatic nitrogens is 2. The summed E-state index contributed by atoms with van der Waals surface area (Å²) in [7, 11) is 0. The van der Waals surface area contributed by atoms with Gasteiger partial charge in [-0.25, -0.2) is 9.97 Å². The molecule has 2 aromatic rings. The highest BCUT2D eigenvalue weighted by Gasteiger charge is 2.28. The van der Waals surface area contributed by atoms with Crippen LogP contribution in [0.15, 0.2) is 29.0 Å². The summed E-state index contributed by atoms with van der Waals surface area (Å²) in [6.07, 6.45) is 8.07. The standard InChI is InChI=1S/C19H24N4O2/c1-13-15(11-20-18(22-13)14-6-7-14)19(24)21-12-16(17-5-4-10-25-17)23-8-2-3-9-23/h4-5,10-11,14,16H,2-3,6-9,12H2,1H3,(H,21,24)/t16-/m1/s1. The molecule has 1 aliphatic carbocycles. The van der Waals surface area contributed by atoms with Gasteiger partial charge in [-0.1, -0.05) is 0 Å². The SMILES string of the molecule is Cc1nc(C2CC2)ncc1C(=O)NC[C@H](c1ccco1)N1CCCC1. The number of aryl methyl sites for hydroxylation is 1. The van der Waals surface area contributed by atoms with Crippen molar-refractivity contribution in [2.75, 3.05) is 19.6 Å². The van der Waals surface area contributed by atoms with Gasteiger partial charge in [0, 0.05) is 18.7 Å². The molecule has 2 fully saturated rings. The number of hydrogen-bond acceptors (Lipinski definition) is 5. The van der Waals surface area contributed by atoms with Crippen molar-refractivity contribution >= 4 is 5.91 Å². The highest BCUT2D eigenvalue weighted by atomic mass is 16.3. The van der Waals surface area contributed by atoms with Gasteiger partial charge in [0.15, 0.2) is 0 Å². The summed E-state index contributed by atoms with van der Waals surface area (Å²) < 4.78 is 5.60. The number of nitrogens with zero attached hydrogens (tertiary/aromatic N) is 3. The van der Waals surface area contributed by atoms with Gasteiger partial charge >= 0.3 is 0 Å². The number of carbonyl (C=O) groups excluding carboxylic acids is 1. The molecule has 2 aromatic heterocycles. The molecule has 1 amide bonds. The minimum absolute atomic E-state index is 0.0772. The maximum atomic E-state index is 12.6. The maximum Gasteiger partial charge on any atom is 0.254 e. The van der Waals surface area contributed by atoms with Crippen molar-refractivity contribution in [3.05, 3.63) is 47.4 Å². The van der Waals surface area contributed by atoms with E-state index >= 15 is 0 Å². The molecule has 1 saturated heterocycles. The molecule has 132 valence electrons. The normalized spacial score (nSPS) is 19.1. The lowest BCUT2D eigenvalue weighted by Crippen LogP contribution is -2.37. The first-order valence-corrected chi connectivity index (χ1v) is 9.11. The van der Waals surface area contributed by atoms with Crippen LogP contribution in [-0.2, 0) is 0 Å². The zero-order chi connectivity index (χ0) is 17.2. The number of amides is 1. The first-order valence-electron chi connectivity index (χ1n) is 9.11. The molecule has 0 unspecified atom stereocenters. The van der Waals surface area contributed by atoms with Crippen molar-refractivity contribution < 1.29 is 9.21 Å². The lowest BCUT2D eigenvalue weighted by molar-refractivity contribution is 0.0932. The second-order valence-corrected chi connectivity index (χ2v) is 6.99. The molecular formula is C19H24N4O2. The fourth-order valence-corrected chi connectivity index (χ4v) is 3.47. The van der Waals surface area contributed by atoms with Crippen molar-refractivity contribution in [3.63, 3.8) is 0 Å². The molecule has 1 atom stereocenters. The molecule has 2 aliphatic rings. The lowest BCUT2D eigenvalue weighted by Gasteiger charge is -2.26. The Hall–Kier alpha value is -2.21. The van der Waals surface area contributed by atoms with Gasteiger partial charge in [-0.05, 0) is 57.8 Å². The van der Waals surface area contributed by atoms with E-state index in [4.69, 9.17) is 4.42 Å². The molecule has 1 aliphatic heterocycles. The second kappa shape index (κ2) is 6.96. The van der Waals surface area contributed by atoms with Gasteiger partial charge in [-0.3, -0.25) is 9.69 Å². The fourth-order valence-electron chi connectivity index (χ4n) is 3.47. The predicted octanol–water partition coefficient (Wildman–Crippen LogP) is 2.82. The molecule has 25 heavy (non-hydrogen) atoms. The molecule has 6 heteroatoms. The molecule has 0 radical (unpaired) electrons. The van der Waals surface area contributed by atoms with Crippen LogP contribution in [0.5, 0.6) is 0 Å². The summed E-state index contributed by atoms with van der Waals surface area (Å²) in [6, 6.07) is 3.95. The summed E-state index contributed by atoms with van der Waals surface area (Å²) in [6.45, 7) is 4.49. The molecule has 0 aromatic carbocycles. The Kier molecular flexibility index (Phi) is 4.53. The van der Waals surface area contributed by atoms with E-state index in [9.17, 15) is 4.79 Å². The van der Waals surface area contributed by atoms with E-state index in [0.717, 1.165) is 43.2 Å². The monoisotopic (exact) mass is 340 g/mol. The van der Waals surface area contributed by atoms with Gasteiger partial charge in [0.2, 0.25) is 0 Å². The Bertz CT molecular complexity index is 734. The number of hydrogen-bond donors (Lipinski definition) is 1. The van der Waals surface area contributed by atoms with Crippen molar-refractivity contribution in [2.24, 2.45) is 0 Å². The number of nitrogens with one attached hydrogen (secondary N) is 1. The van der Waals surface area contributed by atoms with Crippen LogP contribution in [0.4, 0.5) is 0 Å². The molecule has 6 nitrogen and oxygen atoms in total. The van der Waals surface area contributed by atoms with Crippen molar-refractivity contribution in [1.82, 2.24) is 20.2 Å². The number of carbonyl (C=O) groups is 1. The van der Waals surface area contributed by atoms with E-state index in [1.807, 2.05) is 19.1 Å². The van der Waals surface area contributed by atoms with Gasteiger partial charge in [-0.15, -0.1) is 0 Å². The van der Waals surface area contributed by atoms with Crippen molar-refractivity contribution in [2.45, 2.75) is 44.6 Å². The second-order valence-electron chi connectivity index (χ2n) is 6.99. The minimum Gasteiger partial charge on any atom is -0.468 e. The Morgan fingerprint density at radius 2 is 2.20 bits per heavy atom. The van der Waals surface area contributed by atoms with E-state index < -0.39 is 0 Å². The molecule has 3 heterocycles. The van der Waals surface area contributed by atoms with Crippen molar-refractivity contribution in [3.8, 4) is 0 Å². The molecular weight excluding hydrogens is 316 g/mol.